The van der Waals surface area contributed by atoms with Crippen LogP contribution < -0.4 is 14.8 Å². The Morgan fingerprint density at radius 2 is 2.13 bits per heavy atom. The minimum absolute atomic E-state index is 0.140. The predicted molar refractivity (Wildman–Crippen MR) is 93.3 cm³/mol. The molecule has 23 heavy (non-hydrogen) atoms. The van der Waals surface area contributed by atoms with Gasteiger partial charge in [0.2, 0.25) is 5.91 Å². The summed E-state index contributed by atoms with van der Waals surface area (Å²) in [5, 5.41) is 5.20. The number of benzene rings is 1. The highest BCUT2D eigenvalue weighted by molar-refractivity contribution is 8.01. The average Bonchev–Trinajstić information content (AvgIpc) is 2.80. The van der Waals surface area contributed by atoms with E-state index in [1.165, 1.54) is 23.1 Å². The fourth-order valence-electron chi connectivity index (χ4n) is 1.99. The Bertz CT molecular complexity index is 721. The summed E-state index contributed by atoms with van der Waals surface area (Å²) in [4.78, 5) is 16.4. The van der Waals surface area contributed by atoms with E-state index in [1.54, 1.807) is 12.1 Å². The number of halogens is 1. The molecule has 1 N–H and O–H groups in total. The van der Waals surface area contributed by atoms with Crippen molar-refractivity contribution < 1.29 is 14.3 Å². The molecule has 8 heteroatoms. The number of thiazole rings is 1. The van der Waals surface area contributed by atoms with Crippen LogP contribution in [0.5, 0.6) is 11.5 Å². The maximum atomic E-state index is 12.1. The fraction of sp³-hybridized carbons (Fsp3) is 0.333. The molecule has 0 saturated heterocycles. The van der Waals surface area contributed by atoms with E-state index in [9.17, 15) is 4.79 Å². The molecule has 1 aromatic carbocycles. The third-order valence-electron chi connectivity index (χ3n) is 3.04. The van der Waals surface area contributed by atoms with Gasteiger partial charge in [0.1, 0.15) is 0 Å². The molecule has 2 heterocycles. The number of aromatic nitrogens is 1. The number of rotatable bonds is 4. The van der Waals surface area contributed by atoms with Crippen molar-refractivity contribution in [3.05, 3.63) is 28.2 Å². The topological polar surface area (TPSA) is 60.5 Å². The lowest BCUT2D eigenvalue weighted by molar-refractivity contribution is -0.113. The summed E-state index contributed by atoms with van der Waals surface area (Å²) in [6.45, 7) is 3.11. The van der Waals surface area contributed by atoms with Gasteiger partial charge in [-0.25, -0.2) is 4.98 Å². The number of anilines is 1. The lowest BCUT2D eigenvalue weighted by atomic mass is 10.2. The maximum Gasteiger partial charge on any atom is 0.234 e. The number of nitrogens with zero attached hydrogens (tertiary/aromatic N) is 1. The van der Waals surface area contributed by atoms with Crippen molar-refractivity contribution in [1.82, 2.24) is 4.98 Å². The molecule has 0 spiro atoms. The van der Waals surface area contributed by atoms with Gasteiger partial charge in [-0.3, -0.25) is 4.79 Å². The zero-order valence-electron chi connectivity index (χ0n) is 12.4. The number of hydrogen-bond donors (Lipinski definition) is 1. The second-order valence-corrected chi connectivity index (χ2v) is 7.41. The fourth-order valence-corrected chi connectivity index (χ4v) is 3.84. The first kappa shape index (κ1) is 16.4. The molecule has 0 saturated carbocycles. The molecule has 0 atom stereocenters. The molecule has 2 aromatic rings. The molecule has 0 unspecified atom stereocenters. The molecule has 3 rings (SSSR count). The summed E-state index contributed by atoms with van der Waals surface area (Å²) < 4.78 is 12.1. The van der Waals surface area contributed by atoms with Crippen molar-refractivity contribution in [1.29, 1.82) is 0 Å². The van der Waals surface area contributed by atoms with Crippen molar-refractivity contribution in [2.75, 3.05) is 24.3 Å². The molecule has 0 radical (unpaired) electrons. The van der Waals surface area contributed by atoms with Gasteiger partial charge in [0.05, 0.1) is 29.7 Å². The number of thioether (sulfide) groups is 1. The highest BCUT2D eigenvalue weighted by Gasteiger charge is 2.16. The van der Waals surface area contributed by atoms with Crippen LogP contribution in [0.1, 0.15) is 12.1 Å². The monoisotopic (exact) mass is 370 g/mol. The first-order chi connectivity index (χ1) is 11.1. The van der Waals surface area contributed by atoms with E-state index in [-0.39, 0.29) is 11.7 Å². The second kappa shape index (κ2) is 7.42. The predicted octanol–water partition coefficient (Wildman–Crippen LogP) is 4.00. The molecule has 1 aromatic heterocycles. The Balaban J connectivity index is 1.64. The zero-order valence-corrected chi connectivity index (χ0v) is 14.8. The minimum Gasteiger partial charge on any atom is -0.490 e. The quantitative estimate of drug-likeness (QED) is 0.824. The summed E-state index contributed by atoms with van der Waals surface area (Å²) in [6.07, 6.45) is 0.817. The zero-order chi connectivity index (χ0) is 16.2. The van der Waals surface area contributed by atoms with Gasteiger partial charge < -0.3 is 14.8 Å². The number of ether oxygens (including phenoxy) is 2. The van der Waals surface area contributed by atoms with Gasteiger partial charge in [-0.05, 0) is 6.92 Å². The second-order valence-electron chi connectivity index (χ2n) is 4.92. The van der Waals surface area contributed by atoms with Crippen LogP contribution in [0.3, 0.4) is 0 Å². The number of amides is 1. The highest BCUT2D eigenvalue weighted by atomic mass is 35.5. The van der Waals surface area contributed by atoms with Crippen molar-refractivity contribution >= 4 is 46.3 Å². The lowest BCUT2D eigenvalue weighted by Crippen LogP contribution is -2.14. The SMILES string of the molecule is Cc1csc(SCC(=O)Nc2cc3c(cc2Cl)OCCCO3)n1. The van der Waals surface area contributed by atoms with Gasteiger partial charge in [0.15, 0.2) is 15.8 Å². The molecule has 0 bridgehead atoms. The lowest BCUT2D eigenvalue weighted by Gasteiger charge is -2.12. The smallest absolute Gasteiger partial charge is 0.234 e. The molecule has 122 valence electrons. The molecule has 0 fully saturated rings. The van der Waals surface area contributed by atoms with E-state index in [4.69, 9.17) is 21.1 Å². The number of fused-ring (bicyclic) bond motifs is 1. The van der Waals surface area contributed by atoms with Crippen LogP contribution in [0.15, 0.2) is 21.9 Å². The molecular weight excluding hydrogens is 356 g/mol. The van der Waals surface area contributed by atoms with E-state index in [0.29, 0.717) is 35.4 Å². The third kappa shape index (κ3) is 4.31. The Labute approximate surface area is 147 Å². The van der Waals surface area contributed by atoms with Crippen molar-refractivity contribution in [2.24, 2.45) is 0 Å². The number of aryl methyl sites for hydroxylation is 1. The molecule has 1 aliphatic rings. The number of carbonyl (C=O) groups excluding carboxylic acids is 1. The Kier molecular flexibility index (Phi) is 5.30. The molecule has 0 aliphatic carbocycles. The van der Waals surface area contributed by atoms with E-state index < -0.39 is 0 Å². The summed E-state index contributed by atoms with van der Waals surface area (Å²) in [6, 6.07) is 3.38. The Morgan fingerprint density at radius 3 is 2.83 bits per heavy atom. The maximum absolute atomic E-state index is 12.1. The van der Waals surface area contributed by atoms with E-state index in [2.05, 4.69) is 10.3 Å². The number of nitrogens with one attached hydrogen (secondary N) is 1. The summed E-state index contributed by atoms with van der Waals surface area (Å²) in [5.41, 5.74) is 1.49. The summed E-state index contributed by atoms with van der Waals surface area (Å²) in [7, 11) is 0. The molecule has 1 amide bonds. The van der Waals surface area contributed by atoms with Crippen LogP contribution >= 0.6 is 34.7 Å². The minimum atomic E-state index is -0.140. The molecular formula is C15H15ClN2O3S2. The van der Waals surface area contributed by atoms with Gasteiger partial charge in [-0.15, -0.1) is 11.3 Å². The van der Waals surface area contributed by atoms with Gasteiger partial charge in [-0.1, -0.05) is 23.4 Å². The van der Waals surface area contributed by atoms with Crippen molar-refractivity contribution in [3.8, 4) is 11.5 Å². The van der Waals surface area contributed by atoms with Gasteiger partial charge >= 0.3 is 0 Å². The van der Waals surface area contributed by atoms with Crippen LogP contribution in [0.25, 0.3) is 0 Å². The van der Waals surface area contributed by atoms with Crippen LogP contribution in [-0.4, -0.2) is 29.9 Å². The van der Waals surface area contributed by atoms with Crippen LogP contribution in [-0.2, 0) is 4.79 Å². The normalized spacial score (nSPS) is 13.5. The van der Waals surface area contributed by atoms with Gasteiger partial charge in [-0.2, -0.15) is 0 Å². The van der Waals surface area contributed by atoms with E-state index in [0.717, 1.165) is 16.5 Å². The standard InChI is InChI=1S/C15H15ClN2O3S2/c1-9-7-22-15(17-9)23-8-14(19)18-11-6-13-12(5-10(11)16)20-3-2-4-21-13/h5-7H,2-4,8H2,1H3,(H,18,19). The van der Waals surface area contributed by atoms with Crippen LogP contribution in [0.4, 0.5) is 5.69 Å². The number of carbonyl (C=O) groups is 1. The first-order valence-electron chi connectivity index (χ1n) is 7.06. The van der Waals surface area contributed by atoms with Gasteiger partial charge in [0, 0.05) is 29.6 Å². The largest absolute Gasteiger partial charge is 0.490 e. The van der Waals surface area contributed by atoms with Crippen molar-refractivity contribution in [2.45, 2.75) is 17.7 Å². The van der Waals surface area contributed by atoms with E-state index in [1.807, 2.05) is 12.3 Å². The molecule has 1 aliphatic heterocycles. The summed E-state index contributed by atoms with van der Waals surface area (Å²) >= 11 is 9.15. The average molecular weight is 371 g/mol. The van der Waals surface area contributed by atoms with Crippen LogP contribution in [0.2, 0.25) is 5.02 Å². The van der Waals surface area contributed by atoms with Gasteiger partial charge in [0.25, 0.3) is 0 Å². The van der Waals surface area contributed by atoms with Crippen molar-refractivity contribution in [3.63, 3.8) is 0 Å². The third-order valence-corrected chi connectivity index (χ3v) is 5.49. The summed E-state index contributed by atoms with van der Waals surface area (Å²) in [5.74, 6) is 1.35. The Morgan fingerprint density at radius 1 is 1.39 bits per heavy atom. The highest BCUT2D eigenvalue weighted by Crippen LogP contribution is 2.37. The van der Waals surface area contributed by atoms with Crippen LogP contribution in [0, 0.1) is 6.92 Å². The molecule has 5 nitrogen and oxygen atoms in total. The number of hydrogen-bond acceptors (Lipinski definition) is 6. The Hall–Kier alpha value is -1.44. The first-order valence-corrected chi connectivity index (χ1v) is 9.30. The van der Waals surface area contributed by atoms with E-state index >= 15 is 0 Å².